The number of hydrogen-bond acceptors (Lipinski definition) is 3. The average Bonchev–Trinajstić information content (AvgIpc) is 2.53. The van der Waals surface area contributed by atoms with E-state index in [1.165, 1.54) is 0 Å². The number of rotatable bonds is 7. The van der Waals surface area contributed by atoms with Crippen LogP contribution in [-0.4, -0.2) is 25.1 Å². The SMILES string of the molecule is N[C@@H](Cc1ccccc1)C(=O)NCCOc1ccccc1. The molecule has 3 N–H and O–H groups in total. The van der Waals surface area contributed by atoms with Crippen molar-refractivity contribution in [2.45, 2.75) is 12.5 Å². The number of carbonyl (C=O) groups excluding carboxylic acids is 1. The van der Waals surface area contributed by atoms with Crippen LogP contribution in [0.4, 0.5) is 0 Å². The molecule has 1 atom stereocenters. The molecule has 1 amide bonds. The van der Waals surface area contributed by atoms with Crippen molar-refractivity contribution < 1.29 is 9.53 Å². The predicted octanol–water partition coefficient (Wildman–Crippen LogP) is 1.75. The number of para-hydroxylation sites is 1. The summed E-state index contributed by atoms with van der Waals surface area (Å²) in [6, 6.07) is 18.7. The smallest absolute Gasteiger partial charge is 0.237 e. The molecule has 4 heteroatoms. The zero-order chi connectivity index (χ0) is 14.9. The van der Waals surface area contributed by atoms with E-state index in [2.05, 4.69) is 5.32 Å². The molecule has 0 saturated carbocycles. The summed E-state index contributed by atoms with van der Waals surface area (Å²) in [6.45, 7) is 0.865. The maximum Gasteiger partial charge on any atom is 0.237 e. The van der Waals surface area contributed by atoms with Crippen molar-refractivity contribution in [1.29, 1.82) is 0 Å². The first kappa shape index (κ1) is 15.1. The maximum atomic E-state index is 11.9. The third-order valence-corrected chi connectivity index (χ3v) is 3.05. The minimum atomic E-state index is -0.538. The van der Waals surface area contributed by atoms with Gasteiger partial charge in [0.25, 0.3) is 0 Å². The van der Waals surface area contributed by atoms with Crippen molar-refractivity contribution in [1.82, 2.24) is 5.32 Å². The van der Waals surface area contributed by atoms with Crippen molar-refractivity contribution in [2.24, 2.45) is 5.73 Å². The summed E-state index contributed by atoms with van der Waals surface area (Å²) in [5, 5.41) is 2.78. The molecule has 21 heavy (non-hydrogen) atoms. The molecule has 0 spiro atoms. The van der Waals surface area contributed by atoms with Gasteiger partial charge in [0.05, 0.1) is 12.6 Å². The van der Waals surface area contributed by atoms with Crippen molar-refractivity contribution in [2.75, 3.05) is 13.2 Å². The highest BCUT2D eigenvalue weighted by atomic mass is 16.5. The van der Waals surface area contributed by atoms with Crippen molar-refractivity contribution in [3.05, 3.63) is 66.2 Å². The van der Waals surface area contributed by atoms with E-state index in [0.717, 1.165) is 11.3 Å². The number of amides is 1. The van der Waals surface area contributed by atoms with E-state index in [1.54, 1.807) is 0 Å². The lowest BCUT2D eigenvalue weighted by atomic mass is 10.1. The molecular weight excluding hydrogens is 264 g/mol. The number of carbonyl (C=O) groups is 1. The van der Waals surface area contributed by atoms with Gasteiger partial charge in [-0.1, -0.05) is 48.5 Å². The van der Waals surface area contributed by atoms with Gasteiger partial charge in [-0.3, -0.25) is 4.79 Å². The van der Waals surface area contributed by atoms with Gasteiger partial charge in [-0.15, -0.1) is 0 Å². The molecule has 110 valence electrons. The van der Waals surface area contributed by atoms with Gasteiger partial charge in [0.2, 0.25) is 5.91 Å². The maximum absolute atomic E-state index is 11.9. The Balaban J connectivity index is 1.67. The van der Waals surface area contributed by atoms with E-state index in [9.17, 15) is 4.79 Å². The van der Waals surface area contributed by atoms with E-state index in [0.29, 0.717) is 19.6 Å². The lowest BCUT2D eigenvalue weighted by Gasteiger charge is -2.12. The van der Waals surface area contributed by atoms with Gasteiger partial charge in [-0.25, -0.2) is 0 Å². The quantitative estimate of drug-likeness (QED) is 0.761. The van der Waals surface area contributed by atoms with E-state index >= 15 is 0 Å². The van der Waals surface area contributed by atoms with Crippen LogP contribution in [0.25, 0.3) is 0 Å². The second kappa shape index (κ2) is 8.07. The largest absolute Gasteiger partial charge is 0.492 e. The molecule has 0 aliphatic carbocycles. The first-order chi connectivity index (χ1) is 10.3. The standard InChI is InChI=1S/C17H20N2O2/c18-16(13-14-7-3-1-4-8-14)17(20)19-11-12-21-15-9-5-2-6-10-15/h1-10,16H,11-13,18H2,(H,19,20)/t16-/m0/s1. The first-order valence-electron chi connectivity index (χ1n) is 7.01. The molecule has 0 aromatic heterocycles. The molecule has 0 fully saturated rings. The van der Waals surface area contributed by atoms with Crippen LogP contribution in [0.5, 0.6) is 5.75 Å². The monoisotopic (exact) mass is 284 g/mol. The zero-order valence-corrected chi connectivity index (χ0v) is 11.9. The van der Waals surface area contributed by atoms with Crippen LogP contribution < -0.4 is 15.8 Å². The van der Waals surface area contributed by atoms with Crippen molar-refractivity contribution in [3.8, 4) is 5.75 Å². The molecule has 2 rings (SSSR count). The van der Waals surface area contributed by atoms with Crippen LogP contribution in [0.1, 0.15) is 5.56 Å². The fourth-order valence-electron chi connectivity index (χ4n) is 1.95. The third kappa shape index (κ3) is 5.28. The molecule has 0 aliphatic heterocycles. The van der Waals surface area contributed by atoms with E-state index in [1.807, 2.05) is 60.7 Å². The van der Waals surface area contributed by atoms with Gasteiger partial charge < -0.3 is 15.8 Å². The number of benzene rings is 2. The Morgan fingerprint density at radius 3 is 2.33 bits per heavy atom. The second-order valence-electron chi connectivity index (χ2n) is 4.75. The summed E-state index contributed by atoms with van der Waals surface area (Å²) in [7, 11) is 0. The number of hydrogen-bond donors (Lipinski definition) is 2. The van der Waals surface area contributed by atoms with Crippen LogP contribution in [-0.2, 0) is 11.2 Å². The molecule has 0 aliphatic rings. The van der Waals surface area contributed by atoms with Gasteiger partial charge in [0, 0.05) is 0 Å². The number of nitrogens with two attached hydrogens (primary N) is 1. The van der Waals surface area contributed by atoms with Crippen LogP contribution in [0.3, 0.4) is 0 Å². The van der Waals surface area contributed by atoms with Crippen LogP contribution in [0, 0.1) is 0 Å². The highest BCUT2D eigenvalue weighted by molar-refractivity contribution is 5.81. The van der Waals surface area contributed by atoms with Crippen LogP contribution in [0.15, 0.2) is 60.7 Å². The Morgan fingerprint density at radius 1 is 1.05 bits per heavy atom. The Labute approximate surface area is 124 Å². The van der Waals surface area contributed by atoms with Crippen LogP contribution >= 0.6 is 0 Å². The highest BCUT2D eigenvalue weighted by Crippen LogP contribution is 2.07. The zero-order valence-electron chi connectivity index (χ0n) is 11.9. The summed E-state index contributed by atoms with van der Waals surface area (Å²) in [5.41, 5.74) is 6.95. The average molecular weight is 284 g/mol. The lowest BCUT2D eigenvalue weighted by molar-refractivity contribution is -0.122. The van der Waals surface area contributed by atoms with Gasteiger partial charge in [0.15, 0.2) is 0 Å². The van der Waals surface area contributed by atoms with E-state index < -0.39 is 6.04 Å². The lowest BCUT2D eigenvalue weighted by Crippen LogP contribution is -2.43. The summed E-state index contributed by atoms with van der Waals surface area (Å²) in [5.74, 6) is 0.635. The summed E-state index contributed by atoms with van der Waals surface area (Å²) in [4.78, 5) is 11.9. The molecule has 4 nitrogen and oxygen atoms in total. The van der Waals surface area contributed by atoms with Crippen LogP contribution in [0.2, 0.25) is 0 Å². The Kier molecular flexibility index (Phi) is 5.79. The fraction of sp³-hybridized carbons (Fsp3) is 0.235. The van der Waals surface area contributed by atoms with E-state index in [4.69, 9.17) is 10.5 Å². The highest BCUT2D eigenvalue weighted by Gasteiger charge is 2.13. The Morgan fingerprint density at radius 2 is 1.67 bits per heavy atom. The fourth-order valence-corrected chi connectivity index (χ4v) is 1.95. The van der Waals surface area contributed by atoms with Gasteiger partial charge in [0.1, 0.15) is 12.4 Å². The Bertz CT molecular complexity index is 543. The van der Waals surface area contributed by atoms with Crippen molar-refractivity contribution >= 4 is 5.91 Å². The van der Waals surface area contributed by atoms with Crippen molar-refractivity contribution in [3.63, 3.8) is 0 Å². The minimum absolute atomic E-state index is 0.157. The molecule has 0 heterocycles. The molecule has 2 aromatic carbocycles. The normalized spacial score (nSPS) is 11.7. The second-order valence-corrected chi connectivity index (χ2v) is 4.75. The van der Waals surface area contributed by atoms with Gasteiger partial charge in [-0.2, -0.15) is 0 Å². The third-order valence-electron chi connectivity index (χ3n) is 3.05. The summed E-state index contributed by atoms with van der Waals surface area (Å²) in [6.07, 6.45) is 0.534. The van der Waals surface area contributed by atoms with E-state index in [-0.39, 0.29) is 5.91 Å². The number of ether oxygens (including phenoxy) is 1. The minimum Gasteiger partial charge on any atom is -0.492 e. The molecule has 0 bridgehead atoms. The van der Waals surface area contributed by atoms with Gasteiger partial charge in [-0.05, 0) is 24.1 Å². The summed E-state index contributed by atoms with van der Waals surface area (Å²) >= 11 is 0. The Hall–Kier alpha value is -2.33. The molecule has 0 saturated heterocycles. The first-order valence-corrected chi connectivity index (χ1v) is 7.01. The predicted molar refractivity (Wildman–Crippen MR) is 83.1 cm³/mol. The van der Waals surface area contributed by atoms with Gasteiger partial charge >= 0.3 is 0 Å². The molecule has 0 unspecified atom stereocenters. The summed E-state index contributed by atoms with van der Waals surface area (Å²) < 4.78 is 5.50. The topological polar surface area (TPSA) is 64.4 Å². The molecule has 0 radical (unpaired) electrons. The number of nitrogens with one attached hydrogen (secondary N) is 1. The molecule has 2 aromatic rings. The molecular formula is C17H20N2O2.